The van der Waals surface area contributed by atoms with E-state index in [2.05, 4.69) is 41.8 Å². The Labute approximate surface area is 128 Å². The van der Waals surface area contributed by atoms with Crippen LogP contribution >= 0.6 is 22.6 Å². The van der Waals surface area contributed by atoms with Crippen LogP contribution in [0.2, 0.25) is 0 Å². The van der Waals surface area contributed by atoms with E-state index in [4.69, 9.17) is 0 Å². The summed E-state index contributed by atoms with van der Waals surface area (Å²) in [7, 11) is 0. The van der Waals surface area contributed by atoms with Gasteiger partial charge in [-0.1, -0.05) is 26.0 Å². The van der Waals surface area contributed by atoms with Crippen LogP contribution in [0.1, 0.15) is 20.3 Å². The first-order valence-electron chi connectivity index (χ1n) is 6.92. The van der Waals surface area contributed by atoms with Gasteiger partial charge >= 0.3 is 0 Å². The summed E-state index contributed by atoms with van der Waals surface area (Å²) in [4.78, 5) is 13.5. The lowest BCUT2D eigenvalue weighted by atomic mass is 9.92. The Balaban J connectivity index is 1.89. The molecule has 0 aromatic heterocycles. The van der Waals surface area contributed by atoms with Crippen molar-refractivity contribution in [3.63, 3.8) is 0 Å². The third-order valence-electron chi connectivity index (χ3n) is 3.64. The molecule has 1 aromatic rings. The summed E-state index contributed by atoms with van der Waals surface area (Å²) in [6, 6.07) is 7.90. The van der Waals surface area contributed by atoms with Crippen LogP contribution in [0.25, 0.3) is 0 Å². The van der Waals surface area contributed by atoms with Gasteiger partial charge in [-0.15, -0.1) is 0 Å². The van der Waals surface area contributed by atoms with Crippen molar-refractivity contribution in [2.45, 2.75) is 20.3 Å². The Morgan fingerprint density at radius 2 is 1.95 bits per heavy atom. The first-order chi connectivity index (χ1) is 9.04. The average Bonchev–Trinajstić information content (AvgIpc) is 2.30. The lowest BCUT2D eigenvalue weighted by molar-refractivity contribution is -0.904. The van der Waals surface area contributed by atoms with E-state index in [1.54, 1.807) is 0 Å². The quantitative estimate of drug-likeness (QED) is 0.779. The highest BCUT2D eigenvalue weighted by atomic mass is 127. The van der Waals surface area contributed by atoms with Gasteiger partial charge in [-0.05, 0) is 41.1 Å². The van der Waals surface area contributed by atoms with Gasteiger partial charge in [-0.2, -0.15) is 0 Å². The number of anilines is 1. The predicted octanol–water partition coefficient (Wildman–Crippen LogP) is 1.79. The van der Waals surface area contributed by atoms with Gasteiger partial charge in [0.1, 0.15) is 0 Å². The molecular formula is C15H22IN2O+. The van der Waals surface area contributed by atoms with E-state index in [1.807, 2.05) is 24.3 Å². The van der Waals surface area contributed by atoms with Gasteiger partial charge in [0.25, 0.3) is 5.91 Å². The third kappa shape index (κ3) is 4.45. The van der Waals surface area contributed by atoms with Crippen molar-refractivity contribution in [1.29, 1.82) is 0 Å². The standard InChI is InChI=1S/C15H21IN2O/c1-11-7-12(2)9-18(8-11)10-15(19)17-14-6-4-3-5-13(14)16/h3-6,11-12H,7-10H2,1-2H3,(H,17,19)/p+1/t11-,12-/m1/s1. The van der Waals surface area contributed by atoms with Crippen LogP contribution < -0.4 is 10.2 Å². The normalized spacial score (nSPS) is 27.0. The second kappa shape index (κ2) is 6.70. The number of benzene rings is 1. The van der Waals surface area contributed by atoms with Crippen LogP contribution in [0.3, 0.4) is 0 Å². The molecule has 19 heavy (non-hydrogen) atoms. The lowest BCUT2D eigenvalue weighted by Crippen LogP contribution is -3.15. The zero-order chi connectivity index (χ0) is 13.8. The Kier molecular flexibility index (Phi) is 5.21. The molecule has 2 atom stereocenters. The van der Waals surface area contributed by atoms with Crippen LogP contribution in [-0.2, 0) is 4.79 Å². The van der Waals surface area contributed by atoms with Crippen molar-refractivity contribution in [3.05, 3.63) is 27.8 Å². The van der Waals surface area contributed by atoms with Crippen LogP contribution in [0, 0.1) is 15.4 Å². The molecule has 104 valence electrons. The molecule has 4 heteroatoms. The molecule has 3 nitrogen and oxygen atoms in total. The van der Waals surface area contributed by atoms with Gasteiger partial charge in [0, 0.05) is 15.4 Å². The van der Waals surface area contributed by atoms with Gasteiger partial charge in [0.2, 0.25) is 0 Å². The van der Waals surface area contributed by atoms with E-state index in [0.717, 1.165) is 34.2 Å². The summed E-state index contributed by atoms with van der Waals surface area (Å²) >= 11 is 2.25. The molecule has 1 aliphatic rings. The maximum Gasteiger partial charge on any atom is 0.279 e. The highest BCUT2D eigenvalue weighted by Gasteiger charge is 2.26. The minimum Gasteiger partial charge on any atom is -0.327 e. The predicted molar refractivity (Wildman–Crippen MR) is 86.3 cm³/mol. The highest BCUT2D eigenvalue weighted by molar-refractivity contribution is 14.1. The second-order valence-corrected chi connectivity index (χ2v) is 6.97. The molecule has 0 unspecified atom stereocenters. The summed E-state index contributed by atoms with van der Waals surface area (Å²) in [5.41, 5.74) is 0.922. The van der Waals surface area contributed by atoms with Crippen LogP contribution in [-0.4, -0.2) is 25.5 Å². The number of hydrogen-bond donors (Lipinski definition) is 2. The van der Waals surface area contributed by atoms with Crippen molar-refractivity contribution in [2.24, 2.45) is 11.8 Å². The summed E-state index contributed by atoms with van der Waals surface area (Å²) in [6.07, 6.45) is 1.29. The molecule has 0 spiro atoms. The average molecular weight is 373 g/mol. The van der Waals surface area contributed by atoms with Gasteiger partial charge in [-0.25, -0.2) is 0 Å². The first kappa shape index (κ1) is 14.8. The Morgan fingerprint density at radius 3 is 2.58 bits per heavy atom. The number of hydrogen-bond acceptors (Lipinski definition) is 1. The van der Waals surface area contributed by atoms with Crippen molar-refractivity contribution in [1.82, 2.24) is 0 Å². The number of quaternary nitrogens is 1. The number of piperidine rings is 1. The maximum absolute atomic E-state index is 12.1. The summed E-state index contributed by atoms with van der Waals surface area (Å²) in [5, 5.41) is 3.02. The van der Waals surface area contributed by atoms with Gasteiger partial charge in [-0.3, -0.25) is 4.79 Å². The number of likely N-dealkylation sites (tertiary alicyclic amines) is 1. The monoisotopic (exact) mass is 373 g/mol. The number of nitrogens with one attached hydrogen (secondary N) is 2. The summed E-state index contributed by atoms with van der Waals surface area (Å²) in [6.45, 7) is 7.38. The number of para-hydroxylation sites is 1. The smallest absolute Gasteiger partial charge is 0.279 e. The number of carbonyl (C=O) groups excluding carboxylic acids is 1. The SMILES string of the molecule is C[C@@H]1C[C@@H](C)C[NH+](CC(=O)Nc2ccccc2I)C1. The number of carbonyl (C=O) groups is 1. The van der Waals surface area contributed by atoms with Crippen LogP contribution in [0.15, 0.2) is 24.3 Å². The van der Waals surface area contributed by atoms with Crippen molar-refractivity contribution >= 4 is 34.2 Å². The van der Waals surface area contributed by atoms with Crippen LogP contribution in [0.5, 0.6) is 0 Å². The van der Waals surface area contributed by atoms with E-state index >= 15 is 0 Å². The zero-order valence-electron chi connectivity index (χ0n) is 11.6. The molecule has 1 fully saturated rings. The highest BCUT2D eigenvalue weighted by Crippen LogP contribution is 2.16. The fourth-order valence-corrected chi connectivity index (χ4v) is 3.57. The lowest BCUT2D eigenvalue weighted by Gasteiger charge is -2.31. The van der Waals surface area contributed by atoms with E-state index < -0.39 is 0 Å². The molecule has 1 aromatic carbocycles. The number of amides is 1. The fourth-order valence-electron chi connectivity index (χ4n) is 3.05. The fraction of sp³-hybridized carbons (Fsp3) is 0.533. The largest absolute Gasteiger partial charge is 0.327 e. The molecule has 1 amide bonds. The van der Waals surface area contributed by atoms with Crippen molar-refractivity contribution in [3.8, 4) is 0 Å². The Morgan fingerprint density at radius 1 is 1.32 bits per heavy atom. The first-order valence-corrected chi connectivity index (χ1v) is 8.00. The van der Waals surface area contributed by atoms with E-state index in [-0.39, 0.29) is 5.91 Å². The molecule has 0 saturated carbocycles. The molecule has 0 bridgehead atoms. The third-order valence-corrected chi connectivity index (χ3v) is 4.58. The van der Waals surface area contributed by atoms with Crippen LogP contribution in [0.4, 0.5) is 5.69 Å². The van der Waals surface area contributed by atoms with Gasteiger partial charge in [0.15, 0.2) is 6.54 Å². The molecule has 0 radical (unpaired) electrons. The zero-order valence-corrected chi connectivity index (χ0v) is 13.7. The van der Waals surface area contributed by atoms with Gasteiger partial charge < -0.3 is 10.2 Å². The van der Waals surface area contributed by atoms with Crippen molar-refractivity contribution in [2.75, 3.05) is 25.0 Å². The van der Waals surface area contributed by atoms with E-state index in [0.29, 0.717) is 6.54 Å². The molecule has 2 N–H and O–H groups in total. The Bertz CT molecular complexity index is 440. The van der Waals surface area contributed by atoms with E-state index in [9.17, 15) is 4.79 Å². The molecule has 1 aliphatic heterocycles. The van der Waals surface area contributed by atoms with Gasteiger partial charge in [0.05, 0.1) is 18.8 Å². The number of halogens is 1. The summed E-state index contributed by atoms with van der Waals surface area (Å²) in [5.74, 6) is 1.58. The topological polar surface area (TPSA) is 33.5 Å². The number of rotatable bonds is 3. The maximum atomic E-state index is 12.1. The molecule has 1 saturated heterocycles. The minimum absolute atomic E-state index is 0.125. The van der Waals surface area contributed by atoms with Crippen molar-refractivity contribution < 1.29 is 9.69 Å². The Hall–Kier alpha value is -0.620. The minimum atomic E-state index is 0.125. The second-order valence-electron chi connectivity index (χ2n) is 5.81. The molecule has 1 heterocycles. The molecule has 2 rings (SSSR count). The summed E-state index contributed by atoms with van der Waals surface area (Å²) < 4.78 is 1.09. The molecule has 0 aliphatic carbocycles. The molecular weight excluding hydrogens is 351 g/mol. The van der Waals surface area contributed by atoms with E-state index in [1.165, 1.54) is 11.3 Å².